The maximum Gasteiger partial charge on any atom is 0.300 e. The lowest BCUT2D eigenvalue weighted by Gasteiger charge is -2.25. The van der Waals surface area contributed by atoms with Crippen LogP contribution >= 0.6 is 0 Å². The quantitative estimate of drug-likeness (QED) is 0.361. The van der Waals surface area contributed by atoms with Gasteiger partial charge in [-0.1, -0.05) is 61.5 Å². The van der Waals surface area contributed by atoms with E-state index in [2.05, 4.69) is 0 Å². The van der Waals surface area contributed by atoms with E-state index < -0.39 is 29.4 Å². The Balaban J connectivity index is 1.92. The summed E-state index contributed by atoms with van der Waals surface area (Å²) >= 11 is 0. The fraction of sp³-hybridized carbons (Fsp3) is 0.120. The molecule has 0 bridgehead atoms. The SMILES string of the molecule is CCc1ccc(/C(O)=C2\C(=O)C(=O)N(c3ccc(F)c(F)c3)C2c2ccccc2)cc1. The number of ketones is 1. The highest BCUT2D eigenvalue weighted by atomic mass is 19.2. The number of carbonyl (C=O) groups excluding carboxylic acids is 2. The maximum absolute atomic E-state index is 13.9. The number of aliphatic hydroxyl groups excluding tert-OH is 1. The summed E-state index contributed by atoms with van der Waals surface area (Å²) < 4.78 is 27.4. The number of rotatable bonds is 4. The molecule has 1 saturated heterocycles. The molecule has 6 heteroatoms. The third-order valence-electron chi connectivity index (χ3n) is 5.38. The van der Waals surface area contributed by atoms with Crippen molar-refractivity contribution in [3.8, 4) is 0 Å². The molecule has 1 aliphatic rings. The number of anilines is 1. The fourth-order valence-electron chi connectivity index (χ4n) is 3.74. The summed E-state index contributed by atoms with van der Waals surface area (Å²) in [6.45, 7) is 2.00. The largest absolute Gasteiger partial charge is 0.507 e. The number of hydrogen-bond acceptors (Lipinski definition) is 3. The number of amides is 1. The van der Waals surface area contributed by atoms with Crippen molar-refractivity contribution in [3.05, 3.63) is 107 Å². The van der Waals surface area contributed by atoms with Crippen LogP contribution in [0, 0.1) is 11.6 Å². The normalized spacial score (nSPS) is 17.9. The molecular formula is C25H19F2NO3. The molecule has 4 nitrogen and oxygen atoms in total. The first-order chi connectivity index (χ1) is 14.9. The van der Waals surface area contributed by atoms with Crippen molar-refractivity contribution in [2.45, 2.75) is 19.4 Å². The zero-order valence-electron chi connectivity index (χ0n) is 16.7. The van der Waals surface area contributed by atoms with Gasteiger partial charge in [0.2, 0.25) is 0 Å². The Kier molecular flexibility index (Phi) is 5.38. The van der Waals surface area contributed by atoms with Crippen LogP contribution in [0.4, 0.5) is 14.5 Å². The van der Waals surface area contributed by atoms with Gasteiger partial charge in [0.05, 0.1) is 11.6 Å². The summed E-state index contributed by atoms with van der Waals surface area (Å²) in [5, 5.41) is 11.0. The van der Waals surface area contributed by atoms with Gasteiger partial charge in [-0.15, -0.1) is 0 Å². The number of halogens is 2. The first-order valence-electron chi connectivity index (χ1n) is 9.82. The van der Waals surface area contributed by atoms with Crippen molar-refractivity contribution in [2.75, 3.05) is 4.90 Å². The lowest BCUT2D eigenvalue weighted by atomic mass is 9.95. The average molecular weight is 419 g/mol. The lowest BCUT2D eigenvalue weighted by molar-refractivity contribution is -0.132. The molecule has 1 amide bonds. The first kappa shape index (κ1) is 20.5. The molecular weight excluding hydrogens is 400 g/mol. The number of Topliss-reactive ketones (excluding diaryl/α,β-unsaturated/α-hetero) is 1. The molecule has 1 unspecified atom stereocenters. The summed E-state index contributed by atoms with van der Waals surface area (Å²) in [6.07, 6.45) is 0.811. The molecule has 0 aliphatic carbocycles. The standard InChI is InChI=1S/C25H19F2NO3/c1-2-15-8-10-17(11-9-15)23(29)21-22(16-6-4-3-5-7-16)28(25(31)24(21)30)18-12-13-19(26)20(27)14-18/h3-14,22,29H,2H2,1H3/b23-21+. The predicted octanol–water partition coefficient (Wildman–Crippen LogP) is 5.15. The van der Waals surface area contributed by atoms with Crippen molar-refractivity contribution < 1.29 is 23.5 Å². The molecule has 31 heavy (non-hydrogen) atoms. The lowest BCUT2D eigenvalue weighted by Crippen LogP contribution is -2.29. The number of nitrogens with zero attached hydrogens (tertiary/aromatic N) is 1. The van der Waals surface area contributed by atoms with Gasteiger partial charge in [-0.2, -0.15) is 0 Å². The average Bonchev–Trinajstić information content (AvgIpc) is 3.06. The van der Waals surface area contributed by atoms with E-state index in [1.807, 2.05) is 19.1 Å². The predicted molar refractivity (Wildman–Crippen MR) is 113 cm³/mol. The fourth-order valence-corrected chi connectivity index (χ4v) is 3.74. The molecule has 1 heterocycles. The minimum absolute atomic E-state index is 0.0234. The van der Waals surface area contributed by atoms with Crippen LogP contribution in [0.25, 0.3) is 5.76 Å². The van der Waals surface area contributed by atoms with Gasteiger partial charge in [-0.25, -0.2) is 8.78 Å². The molecule has 4 rings (SSSR count). The van der Waals surface area contributed by atoms with Crippen LogP contribution in [0.15, 0.2) is 78.4 Å². The molecule has 0 aromatic heterocycles. The van der Waals surface area contributed by atoms with Gasteiger partial charge in [0, 0.05) is 17.3 Å². The van der Waals surface area contributed by atoms with Crippen LogP contribution in [0.5, 0.6) is 0 Å². The van der Waals surface area contributed by atoms with Crippen LogP contribution in [0.3, 0.4) is 0 Å². The highest BCUT2D eigenvalue weighted by Gasteiger charge is 2.47. The van der Waals surface area contributed by atoms with E-state index in [0.717, 1.165) is 29.0 Å². The van der Waals surface area contributed by atoms with Crippen LogP contribution < -0.4 is 4.90 Å². The van der Waals surface area contributed by atoms with E-state index in [4.69, 9.17) is 0 Å². The second-order valence-corrected chi connectivity index (χ2v) is 7.23. The van der Waals surface area contributed by atoms with Gasteiger partial charge in [-0.3, -0.25) is 14.5 Å². The molecule has 1 fully saturated rings. The Morgan fingerprint density at radius 3 is 2.23 bits per heavy atom. The van der Waals surface area contributed by atoms with Gasteiger partial charge in [0.25, 0.3) is 11.7 Å². The van der Waals surface area contributed by atoms with Crippen molar-refractivity contribution in [1.82, 2.24) is 0 Å². The summed E-state index contributed by atoms with van der Waals surface area (Å²) in [7, 11) is 0. The zero-order chi connectivity index (χ0) is 22.1. The van der Waals surface area contributed by atoms with E-state index in [1.165, 1.54) is 6.07 Å². The highest BCUT2D eigenvalue weighted by molar-refractivity contribution is 6.51. The highest BCUT2D eigenvalue weighted by Crippen LogP contribution is 2.42. The van der Waals surface area contributed by atoms with E-state index in [1.54, 1.807) is 42.5 Å². The Morgan fingerprint density at radius 1 is 0.935 bits per heavy atom. The molecule has 3 aromatic rings. The second kappa shape index (κ2) is 8.14. The number of aliphatic hydroxyl groups is 1. The third-order valence-corrected chi connectivity index (χ3v) is 5.38. The summed E-state index contributed by atoms with van der Waals surface area (Å²) in [4.78, 5) is 27.0. The number of benzene rings is 3. The van der Waals surface area contributed by atoms with E-state index >= 15 is 0 Å². The van der Waals surface area contributed by atoms with Crippen molar-refractivity contribution in [3.63, 3.8) is 0 Å². The molecule has 0 radical (unpaired) electrons. The van der Waals surface area contributed by atoms with Gasteiger partial charge < -0.3 is 5.11 Å². The van der Waals surface area contributed by atoms with E-state index in [0.29, 0.717) is 11.1 Å². The smallest absolute Gasteiger partial charge is 0.300 e. The monoisotopic (exact) mass is 419 g/mol. The van der Waals surface area contributed by atoms with Gasteiger partial charge in [0.1, 0.15) is 5.76 Å². The Morgan fingerprint density at radius 2 is 1.61 bits per heavy atom. The molecule has 0 spiro atoms. The number of hydrogen-bond donors (Lipinski definition) is 1. The van der Waals surface area contributed by atoms with E-state index in [-0.39, 0.29) is 17.0 Å². The van der Waals surface area contributed by atoms with Crippen molar-refractivity contribution in [2.24, 2.45) is 0 Å². The Hall–Kier alpha value is -3.80. The minimum Gasteiger partial charge on any atom is -0.507 e. The zero-order valence-corrected chi connectivity index (χ0v) is 16.7. The van der Waals surface area contributed by atoms with Gasteiger partial charge in [-0.05, 0) is 29.7 Å². The van der Waals surface area contributed by atoms with Crippen LogP contribution in [-0.4, -0.2) is 16.8 Å². The van der Waals surface area contributed by atoms with E-state index in [9.17, 15) is 23.5 Å². The van der Waals surface area contributed by atoms with Crippen LogP contribution in [-0.2, 0) is 16.0 Å². The third kappa shape index (κ3) is 3.61. The second-order valence-electron chi connectivity index (χ2n) is 7.23. The van der Waals surface area contributed by atoms with Crippen LogP contribution in [0.1, 0.15) is 29.7 Å². The molecule has 156 valence electrons. The first-order valence-corrected chi connectivity index (χ1v) is 9.82. The number of aryl methyl sites for hydroxylation is 1. The molecule has 1 atom stereocenters. The topological polar surface area (TPSA) is 57.6 Å². The van der Waals surface area contributed by atoms with Gasteiger partial charge in [0.15, 0.2) is 11.6 Å². The molecule has 0 saturated carbocycles. The molecule has 1 aliphatic heterocycles. The summed E-state index contributed by atoms with van der Waals surface area (Å²) in [5.74, 6) is -4.34. The molecule has 1 N–H and O–H groups in total. The number of carbonyl (C=O) groups is 2. The summed E-state index contributed by atoms with van der Waals surface area (Å²) in [6, 6.07) is 17.7. The Bertz CT molecular complexity index is 1190. The van der Waals surface area contributed by atoms with Crippen molar-refractivity contribution >= 4 is 23.1 Å². The minimum atomic E-state index is -1.14. The Labute approximate surface area is 178 Å². The van der Waals surface area contributed by atoms with Gasteiger partial charge >= 0.3 is 0 Å². The maximum atomic E-state index is 13.9. The van der Waals surface area contributed by atoms with Crippen molar-refractivity contribution in [1.29, 1.82) is 0 Å². The molecule has 3 aromatic carbocycles. The summed E-state index contributed by atoms with van der Waals surface area (Å²) in [5.41, 5.74) is 1.92. The van der Waals surface area contributed by atoms with Crippen LogP contribution in [0.2, 0.25) is 0 Å².